The van der Waals surface area contributed by atoms with Crippen molar-refractivity contribution in [3.8, 4) is 0 Å². The number of sulfone groups is 2. The number of amides is 3. The largest absolute Gasteiger partial charge is 0.531 e. The summed E-state index contributed by atoms with van der Waals surface area (Å²) in [6.07, 6.45) is -0.329. The fraction of sp³-hybridized carbons (Fsp3) is 0.408. The van der Waals surface area contributed by atoms with Crippen LogP contribution in [0.5, 0.6) is 0 Å². The Morgan fingerprint density at radius 1 is 0.603 bits per heavy atom. The highest BCUT2D eigenvalue weighted by molar-refractivity contribution is 7.93. The molecule has 2 N–H and O–H groups in total. The van der Waals surface area contributed by atoms with Crippen molar-refractivity contribution in [2.75, 3.05) is 11.5 Å². The van der Waals surface area contributed by atoms with Crippen LogP contribution in [0, 0.1) is 17.8 Å². The summed E-state index contributed by atoms with van der Waals surface area (Å²) in [6, 6.07) is 32.9. The highest BCUT2D eigenvalue weighted by Crippen LogP contribution is 2.32. The van der Waals surface area contributed by atoms with Gasteiger partial charge in [-0.25, -0.2) is 16.8 Å². The highest BCUT2D eigenvalue weighted by Gasteiger charge is 2.47. The fourth-order valence-corrected chi connectivity index (χ4v) is 10.9. The van der Waals surface area contributed by atoms with Crippen molar-refractivity contribution < 1.29 is 40.7 Å². The molecule has 0 radical (unpaired) electrons. The number of nitrogens with zero attached hydrogens (tertiary/aromatic N) is 1. The van der Waals surface area contributed by atoms with Gasteiger partial charge in [0.25, 0.3) is 5.78 Å². The van der Waals surface area contributed by atoms with Crippen molar-refractivity contribution in [1.29, 1.82) is 0 Å². The summed E-state index contributed by atoms with van der Waals surface area (Å²) in [4.78, 5) is 57.5. The number of hydrogen-bond acceptors (Lipinski definition) is 8. The van der Waals surface area contributed by atoms with Gasteiger partial charge in [-0.1, -0.05) is 129 Å². The van der Waals surface area contributed by atoms with Gasteiger partial charge in [-0.15, -0.1) is 0 Å². The van der Waals surface area contributed by atoms with Gasteiger partial charge in [0.05, 0.1) is 32.8 Å². The third-order valence-corrected chi connectivity index (χ3v) is 17.9. The van der Waals surface area contributed by atoms with E-state index in [1.807, 2.05) is 60.7 Å². The smallest absolute Gasteiger partial charge is 0.308 e. The molecule has 0 aromatic heterocycles. The van der Waals surface area contributed by atoms with E-state index in [-0.39, 0.29) is 19.3 Å². The molecule has 5 aromatic carbocycles. The first-order valence-corrected chi connectivity index (χ1v) is 25.7. The summed E-state index contributed by atoms with van der Waals surface area (Å²) in [5, 5.41) is 5.87. The van der Waals surface area contributed by atoms with Crippen LogP contribution >= 0.6 is 8.03 Å². The SMILES string of the molecule is CC(C)[C@@H](C(=O)NC(Cc1ccccc1)[P+](=O)O)N(C(=O)C(Cc1cccc2ccccc12)CS(=O)(=O)C(C)(C)C)C(=O)[C@H](Cc1cccc2ccccc12)CS(=O)(=O)C(C)(C)C. The second-order valence-electron chi connectivity index (χ2n) is 18.6. The molecule has 14 heteroatoms. The van der Waals surface area contributed by atoms with Gasteiger partial charge in [-0.05, 0) is 103 Å². The van der Waals surface area contributed by atoms with Gasteiger partial charge in [0, 0.05) is 6.42 Å². The minimum Gasteiger partial charge on any atom is -0.308 e. The van der Waals surface area contributed by atoms with Crippen LogP contribution in [0.2, 0.25) is 0 Å². The molecule has 5 rings (SSSR count). The Morgan fingerprint density at radius 2 is 1.00 bits per heavy atom. The Labute approximate surface area is 373 Å². The quantitative estimate of drug-likeness (QED) is 0.0872. The first kappa shape index (κ1) is 49.2. The molecule has 63 heavy (non-hydrogen) atoms. The molecule has 0 spiro atoms. The molecule has 0 bridgehead atoms. The Hall–Kier alpha value is -4.81. The summed E-state index contributed by atoms with van der Waals surface area (Å²) in [7, 11) is -11.2. The third kappa shape index (κ3) is 11.9. The van der Waals surface area contributed by atoms with Crippen LogP contribution in [0.3, 0.4) is 0 Å². The molecule has 0 aliphatic heterocycles. The van der Waals surface area contributed by atoms with E-state index in [1.54, 1.807) is 68.4 Å². The van der Waals surface area contributed by atoms with Crippen molar-refractivity contribution in [2.45, 2.75) is 96.0 Å². The zero-order valence-electron chi connectivity index (χ0n) is 37.3. The summed E-state index contributed by atoms with van der Waals surface area (Å²) < 4.78 is 66.9. The number of carbonyl (C=O) groups excluding carboxylic acids is 3. The highest BCUT2D eigenvalue weighted by atomic mass is 32.2. The number of carbonyl (C=O) groups is 3. The molecule has 3 amide bonds. The van der Waals surface area contributed by atoms with E-state index in [0.717, 1.165) is 26.4 Å². The fourth-order valence-electron chi connectivity index (χ4n) is 7.70. The lowest BCUT2D eigenvalue weighted by molar-refractivity contribution is -0.157. The van der Waals surface area contributed by atoms with Crippen LogP contribution in [0.15, 0.2) is 115 Å². The zero-order valence-corrected chi connectivity index (χ0v) is 39.8. The van der Waals surface area contributed by atoms with Gasteiger partial charge in [-0.2, -0.15) is 4.89 Å². The predicted molar refractivity (Wildman–Crippen MR) is 252 cm³/mol. The van der Waals surface area contributed by atoms with Gasteiger partial charge in [-0.3, -0.25) is 19.3 Å². The molecule has 0 saturated carbocycles. The van der Waals surface area contributed by atoms with E-state index in [0.29, 0.717) is 16.7 Å². The maximum atomic E-state index is 15.7. The standard InChI is InChI=1S/C49H59N2O9PS2/c1-33(2)44(45(52)50-43(61(55)56)28-34-18-10-9-11-19-34)51(46(53)39(31-62(57,58)48(3,4)5)29-37-24-16-22-35-20-12-14-26-41(35)37)47(54)40(32-63(59,60)49(6,7)8)30-38-25-17-23-36-21-13-15-27-42(36)38/h9-27,33,39-40,43-44H,28-32H2,1-8H3,(H-,50,52,55,56)/p+1/t39-,40?,43?,44+/m1/s1. The summed E-state index contributed by atoms with van der Waals surface area (Å²) >= 11 is 0. The Kier molecular flexibility index (Phi) is 15.6. The number of nitrogens with one attached hydrogen (secondary N) is 1. The minimum absolute atomic E-state index is 0.0495. The molecule has 336 valence electrons. The normalized spacial score (nSPS) is 14.8. The van der Waals surface area contributed by atoms with E-state index in [1.165, 1.54) is 41.5 Å². The van der Waals surface area contributed by atoms with Crippen LogP contribution in [0.4, 0.5) is 0 Å². The maximum absolute atomic E-state index is 15.7. The van der Waals surface area contributed by atoms with Crippen LogP contribution in [0.1, 0.15) is 72.1 Å². The van der Waals surface area contributed by atoms with Gasteiger partial charge in [0.1, 0.15) is 6.04 Å². The molecule has 0 aliphatic rings. The Bertz CT molecular complexity index is 2540. The summed E-state index contributed by atoms with van der Waals surface area (Å²) in [6.45, 7) is 12.4. The van der Waals surface area contributed by atoms with Crippen molar-refractivity contribution in [3.63, 3.8) is 0 Å². The number of hydrogen-bond donors (Lipinski definition) is 2. The number of rotatable bonds is 17. The number of benzene rings is 5. The molecule has 0 heterocycles. The van der Waals surface area contributed by atoms with Crippen LogP contribution in [-0.4, -0.2) is 77.2 Å². The van der Waals surface area contributed by atoms with Gasteiger partial charge >= 0.3 is 8.03 Å². The van der Waals surface area contributed by atoms with Crippen molar-refractivity contribution in [3.05, 3.63) is 132 Å². The molecule has 0 saturated heterocycles. The summed E-state index contributed by atoms with van der Waals surface area (Å²) in [5.41, 5.74) is 1.92. The topological polar surface area (TPSA) is 172 Å². The van der Waals surface area contributed by atoms with Crippen molar-refractivity contribution in [2.24, 2.45) is 17.8 Å². The van der Waals surface area contributed by atoms with E-state index < -0.39 is 96.0 Å². The Balaban J connectivity index is 1.73. The molecule has 5 atom stereocenters. The number of imide groups is 1. The molecule has 5 aromatic rings. The Morgan fingerprint density at radius 3 is 1.40 bits per heavy atom. The van der Waals surface area contributed by atoms with Crippen LogP contribution in [0.25, 0.3) is 21.5 Å². The lowest BCUT2D eigenvalue weighted by atomic mass is 9.90. The van der Waals surface area contributed by atoms with E-state index in [2.05, 4.69) is 5.32 Å². The van der Waals surface area contributed by atoms with Gasteiger partial charge in [0.15, 0.2) is 19.7 Å². The van der Waals surface area contributed by atoms with Gasteiger partial charge in [0.2, 0.25) is 17.7 Å². The monoisotopic (exact) mass is 915 g/mol. The molecular formula is C49H60N2O9PS2+. The first-order chi connectivity index (χ1) is 29.4. The van der Waals surface area contributed by atoms with Crippen molar-refractivity contribution >= 4 is 67.0 Å². The first-order valence-electron chi connectivity index (χ1n) is 21.2. The minimum atomic E-state index is -4.07. The average molecular weight is 916 g/mol. The van der Waals surface area contributed by atoms with Crippen LogP contribution in [-0.2, 0) is 57.9 Å². The number of fused-ring (bicyclic) bond motifs is 2. The lowest BCUT2D eigenvalue weighted by Crippen LogP contribution is -2.60. The van der Waals surface area contributed by atoms with Crippen molar-refractivity contribution in [1.82, 2.24) is 10.2 Å². The van der Waals surface area contributed by atoms with Gasteiger partial charge < -0.3 is 5.32 Å². The molecule has 0 fully saturated rings. The van der Waals surface area contributed by atoms with E-state index in [9.17, 15) is 31.1 Å². The molecule has 3 unspecified atom stereocenters. The van der Waals surface area contributed by atoms with Crippen LogP contribution < -0.4 is 5.32 Å². The lowest BCUT2D eigenvalue weighted by Gasteiger charge is -2.37. The predicted octanol–water partition coefficient (Wildman–Crippen LogP) is 8.24. The van der Waals surface area contributed by atoms with E-state index >= 15 is 9.59 Å². The second kappa shape index (κ2) is 19.9. The molecular weight excluding hydrogens is 856 g/mol. The second-order valence-corrected chi connectivity index (χ2v) is 25.4. The third-order valence-electron chi connectivity index (χ3n) is 11.6. The molecule has 0 aliphatic carbocycles. The zero-order chi connectivity index (χ0) is 46.5. The summed E-state index contributed by atoms with van der Waals surface area (Å²) in [5.74, 6) is -9.27. The molecule has 11 nitrogen and oxygen atoms in total. The van der Waals surface area contributed by atoms with E-state index in [4.69, 9.17) is 0 Å². The maximum Gasteiger partial charge on any atom is 0.531 e. The average Bonchev–Trinajstić information content (AvgIpc) is 3.21.